The van der Waals surface area contributed by atoms with Crippen LogP contribution in [0.1, 0.15) is 11.5 Å². The molecule has 3 amide bonds. The van der Waals surface area contributed by atoms with Crippen molar-refractivity contribution in [1.29, 1.82) is 0 Å². The van der Waals surface area contributed by atoms with Crippen LogP contribution in [0.25, 0.3) is 0 Å². The number of carbonyl (C=O) groups is 2. The Labute approximate surface area is 141 Å². The second kappa shape index (κ2) is 6.84. The highest BCUT2D eigenvalue weighted by molar-refractivity contribution is 5.95. The first-order valence-corrected chi connectivity index (χ1v) is 7.41. The number of anilines is 1. The first-order valence-electron chi connectivity index (χ1n) is 7.41. The first-order chi connectivity index (χ1) is 12.0. The zero-order valence-corrected chi connectivity index (χ0v) is 12.8. The average molecular weight is 348 g/mol. The van der Waals surface area contributed by atoms with Crippen LogP contribution >= 0.6 is 0 Å². The van der Waals surface area contributed by atoms with Gasteiger partial charge < -0.3 is 16.0 Å². The molecule has 0 unspecified atom stereocenters. The fourth-order valence-corrected chi connectivity index (χ4v) is 2.71. The van der Waals surface area contributed by atoms with Gasteiger partial charge in [-0.2, -0.15) is 0 Å². The quantitative estimate of drug-likeness (QED) is 0.797. The number of rotatable bonds is 3. The van der Waals surface area contributed by atoms with E-state index in [0.717, 1.165) is 24.3 Å². The van der Waals surface area contributed by atoms with E-state index < -0.39 is 41.3 Å². The Kier molecular flexibility index (Phi) is 4.60. The number of carbonyl (C=O) groups excluding carboxylic acids is 2. The Hall–Kier alpha value is -3.03. The molecule has 2 aromatic rings. The molecule has 5 nitrogen and oxygen atoms in total. The van der Waals surface area contributed by atoms with Crippen LogP contribution in [0.3, 0.4) is 0 Å². The lowest BCUT2D eigenvalue weighted by molar-refractivity contribution is -0.120. The van der Waals surface area contributed by atoms with Crippen molar-refractivity contribution < 1.29 is 22.8 Å². The minimum Gasteiger partial charge on any atom is -0.354 e. The molecule has 3 N–H and O–H groups in total. The van der Waals surface area contributed by atoms with Gasteiger partial charge in [-0.15, -0.1) is 0 Å². The Bertz CT molecular complexity index is 791. The van der Waals surface area contributed by atoms with Crippen LogP contribution in [0.2, 0.25) is 0 Å². The van der Waals surface area contributed by atoms with E-state index in [1.54, 1.807) is 0 Å². The zero-order valence-electron chi connectivity index (χ0n) is 12.8. The van der Waals surface area contributed by atoms with Crippen molar-refractivity contribution >= 4 is 17.6 Å². The molecule has 1 aliphatic rings. The molecule has 25 heavy (non-hydrogen) atoms. The lowest BCUT2D eigenvalue weighted by Gasteiger charge is -2.20. The Morgan fingerprint density at radius 2 is 1.76 bits per heavy atom. The molecule has 1 radical (unpaired) electrons. The first kappa shape index (κ1) is 16.8. The van der Waals surface area contributed by atoms with Crippen LogP contribution < -0.4 is 16.0 Å². The highest BCUT2D eigenvalue weighted by Crippen LogP contribution is 2.28. The molecule has 3 rings (SSSR count). The van der Waals surface area contributed by atoms with Crippen molar-refractivity contribution in [3.63, 3.8) is 0 Å². The van der Waals surface area contributed by atoms with E-state index in [4.69, 9.17) is 0 Å². The van der Waals surface area contributed by atoms with Crippen LogP contribution in [0, 0.1) is 23.5 Å². The Morgan fingerprint density at radius 1 is 1.12 bits per heavy atom. The van der Waals surface area contributed by atoms with Gasteiger partial charge >= 0.3 is 6.03 Å². The number of hydrogen-bond acceptors (Lipinski definition) is 2. The van der Waals surface area contributed by atoms with Gasteiger partial charge in [0.2, 0.25) is 5.91 Å². The number of benzene rings is 2. The van der Waals surface area contributed by atoms with Gasteiger partial charge in [0.15, 0.2) is 0 Å². The normalized spacial score (nSPS) is 19.4. The van der Waals surface area contributed by atoms with Crippen molar-refractivity contribution in [3.8, 4) is 0 Å². The van der Waals surface area contributed by atoms with E-state index in [9.17, 15) is 22.8 Å². The number of nitrogens with one attached hydrogen (secondary N) is 3. The zero-order chi connectivity index (χ0) is 18.0. The Balaban J connectivity index is 1.76. The molecule has 2 aromatic carbocycles. The van der Waals surface area contributed by atoms with Crippen molar-refractivity contribution in [2.75, 3.05) is 11.9 Å². The van der Waals surface area contributed by atoms with Crippen molar-refractivity contribution in [2.45, 2.75) is 12.0 Å². The maximum absolute atomic E-state index is 14.0. The van der Waals surface area contributed by atoms with E-state index in [2.05, 4.69) is 22.0 Å². The molecule has 2 atom stereocenters. The molecule has 0 aliphatic carbocycles. The van der Waals surface area contributed by atoms with Gasteiger partial charge in [-0.3, -0.25) is 4.79 Å². The van der Waals surface area contributed by atoms with Crippen LogP contribution in [0.5, 0.6) is 0 Å². The summed E-state index contributed by atoms with van der Waals surface area (Å²) >= 11 is 0. The van der Waals surface area contributed by atoms with Crippen molar-refractivity contribution in [3.05, 3.63) is 65.5 Å². The molecule has 0 aromatic heterocycles. The minimum absolute atomic E-state index is 0.0157. The summed E-state index contributed by atoms with van der Waals surface area (Å²) in [6, 6.07) is 7.35. The molecule has 1 aliphatic heterocycles. The smallest absolute Gasteiger partial charge is 0.319 e. The summed E-state index contributed by atoms with van der Waals surface area (Å²) in [6.07, 6.45) is 0. The molecular formula is C17H13F3N3O2. The largest absolute Gasteiger partial charge is 0.354 e. The van der Waals surface area contributed by atoms with Crippen LogP contribution in [0.15, 0.2) is 36.4 Å². The summed E-state index contributed by atoms with van der Waals surface area (Å²) < 4.78 is 40.8. The van der Waals surface area contributed by atoms with Crippen molar-refractivity contribution in [1.82, 2.24) is 10.6 Å². The average Bonchev–Trinajstić information content (AvgIpc) is 2.91. The SMILES string of the molecule is O=C(Nc1ccc(F)cc1)N[C@@H]1C(=O)NC[C@H]1c1c(F)c[c]cc1F. The fourth-order valence-electron chi connectivity index (χ4n) is 2.71. The summed E-state index contributed by atoms with van der Waals surface area (Å²) in [4.78, 5) is 24.0. The summed E-state index contributed by atoms with van der Waals surface area (Å²) in [7, 11) is 0. The maximum Gasteiger partial charge on any atom is 0.319 e. The monoisotopic (exact) mass is 348 g/mol. The standard InChI is InChI=1S/C17H13F3N3O2/c18-9-4-6-10(7-5-9)22-17(25)23-15-11(8-21-16(15)24)14-12(19)2-1-3-13(14)20/h2-7,11,15H,8H2,(H,21,24)(H2,22,23,25)/t11-,15-/m0/s1. The molecule has 1 saturated heterocycles. The van der Waals surface area contributed by atoms with Gasteiger partial charge in [0.25, 0.3) is 0 Å². The molecule has 1 fully saturated rings. The third kappa shape index (κ3) is 3.57. The van der Waals surface area contributed by atoms with Crippen LogP contribution in [-0.4, -0.2) is 24.5 Å². The highest BCUT2D eigenvalue weighted by atomic mass is 19.1. The minimum atomic E-state index is -1.15. The molecule has 0 bridgehead atoms. The van der Waals surface area contributed by atoms with Gasteiger partial charge in [0.1, 0.15) is 23.5 Å². The summed E-state index contributed by atoms with van der Waals surface area (Å²) in [5.41, 5.74) is 0.0182. The van der Waals surface area contributed by atoms with E-state index in [1.165, 1.54) is 12.1 Å². The summed E-state index contributed by atoms with van der Waals surface area (Å²) in [6.45, 7) is -0.0157. The third-order valence-electron chi connectivity index (χ3n) is 3.88. The van der Waals surface area contributed by atoms with E-state index in [1.807, 2.05) is 0 Å². The summed E-state index contributed by atoms with van der Waals surface area (Å²) in [5, 5.41) is 7.30. The van der Waals surface area contributed by atoms with E-state index >= 15 is 0 Å². The fraction of sp³-hybridized carbons (Fsp3) is 0.176. The molecule has 1 heterocycles. The van der Waals surface area contributed by atoms with Crippen LogP contribution in [-0.2, 0) is 4.79 Å². The predicted molar refractivity (Wildman–Crippen MR) is 83.3 cm³/mol. The number of hydrogen-bond donors (Lipinski definition) is 3. The number of halogens is 3. The number of amides is 3. The van der Waals surface area contributed by atoms with Gasteiger partial charge in [0.05, 0.1) is 0 Å². The van der Waals surface area contributed by atoms with E-state index in [0.29, 0.717) is 5.69 Å². The van der Waals surface area contributed by atoms with Crippen molar-refractivity contribution in [2.24, 2.45) is 0 Å². The highest BCUT2D eigenvalue weighted by Gasteiger charge is 2.39. The second-order valence-corrected chi connectivity index (χ2v) is 5.50. The molecule has 8 heteroatoms. The summed E-state index contributed by atoms with van der Waals surface area (Å²) in [5.74, 6) is -3.60. The van der Waals surface area contributed by atoms with Gasteiger partial charge in [0, 0.05) is 23.7 Å². The third-order valence-corrected chi connectivity index (χ3v) is 3.88. The predicted octanol–water partition coefficient (Wildman–Crippen LogP) is 2.31. The molecule has 0 saturated carbocycles. The lowest BCUT2D eigenvalue weighted by Crippen LogP contribution is -2.45. The molecule has 0 spiro atoms. The number of urea groups is 1. The van der Waals surface area contributed by atoms with Crippen LogP contribution in [0.4, 0.5) is 23.7 Å². The van der Waals surface area contributed by atoms with Gasteiger partial charge in [-0.05, 0) is 42.5 Å². The molecular weight excluding hydrogens is 335 g/mol. The second-order valence-electron chi connectivity index (χ2n) is 5.50. The lowest BCUT2D eigenvalue weighted by atomic mass is 9.93. The Morgan fingerprint density at radius 3 is 2.40 bits per heavy atom. The van der Waals surface area contributed by atoms with E-state index in [-0.39, 0.29) is 12.1 Å². The topological polar surface area (TPSA) is 70.2 Å². The van der Waals surface area contributed by atoms with Gasteiger partial charge in [-0.25, -0.2) is 18.0 Å². The molecule has 129 valence electrons. The van der Waals surface area contributed by atoms with Gasteiger partial charge in [-0.1, -0.05) is 0 Å². The maximum atomic E-state index is 14.0.